The Balaban J connectivity index is 2.34. The van der Waals surface area contributed by atoms with E-state index in [-0.39, 0.29) is 17.9 Å². The van der Waals surface area contributed by atoms with Gasteiger partial charge in [-0.15, -0.1) is 0 Å². The SMILES string of the molecule is CSC(CO)C(C)Nc1cc(C)nc2ccccc12. The number of hydrogen-bond acceptors (Lipinski definition) is 4. The van der Waals surface area contributed by atoms with E-state index in [1.54, 1.807) is 11.8 Å². The molecule has 3 nitrogen and oxygen atoms in total. The Morgan fingerprint density at radius 3 is 2.79 bits per heavy atom. The van der Waals surface area contributed by atoms with Crippen LogP contribution in [0, 0.1) is 6.92 Å². The summed E-state index contributed by atoms with van der Waals surface area (Å²) in [5.74, 6) is 0. The molecule has 2 N–H and O–H groups in total. The number of fused-ring (bicyclic) bond motifs is 1. The van der Waals surface area contributed by atoms with Gasteiger partial charge in [-0.25, -0.2) is 0 Å². The summed E-state index contributed by atoms with van der Waals surface area (Å²) in [4.78, 5) is 4.53. The van der Waals surface area contributed by atoms with Crippen molar-refractivity contribution in [3.63, 3.8) is 0 Å². The predicted octanol–water partition coefficient (Wildman–Crippen LogP) is 3.07. The lowest BCUT2D eigenvalue weighted by Crippen LogP contribution is -2.31. The zero-order valence-corrected chi connectivity index (χ0v) is 12.4. The van der Waals surface area contributed by atoms with Crippen molar-refractivity contribution in [3.8, 4) is 0 Å². The number of aliphatic hydroxyl groups excluding tert-OH is 1. The van der Waals surface area contributed by atoms with Crippen LogP contribution in [0.25, 0.3) is 10.9 Å². The van der Waals surface area contributed by atoms with E-state index in [1.165, 1.54) is 0 Å². The van der Waals surface area contributed by atoms with Gasteiger partial charge in [0.15, 0.2) is 0 Å². The molecule has 2 aromatic rings. The fourth-order valence-corrected chi connectivity index (χ4v) is 2.83. The second-order valence-corrected chi connectivity index (χ2v) is 5.79. The molecule has 0 radical (unpaired) electrons. The molecule has 1 heterocycles. The Bertz CT molecular complexity index is 555. The largest absolute Gasteiger partial charge is 0.395 e. The lowest BCUT2D eigenvalue weighted by Gasteiger charge is -2.23. The number of rotatable bonds is 5. The van der Waals surface area contributed by atoms with Gasteiger partial charge in [0, 0.05) is 28.1 Å². The monoisotopic (exact) mass is 276 g/mol. The van der Waals surface area contributed by atoms with Gasteiger partial charge in [-0.05, 0) is 32.2 Å². The van der Waals surface area contributed by atoms with E-state index in [2.05, 4.69) is 29.4 Å². The average molecular weight is 276 g/mol. The summed E-state index contributed by atoms with van der Waals surface area (Å²) in [5.41, 5.74) is 3.09. The normalized spacial score (nSPS) is 14.3. The van der Waals surface area contributed by atoms with Crippen LogP contribution in [-0.2, 0) is 0 Å². The smallest absolute Gasteiger partial charge is 0.0725 e. The molecule has 0 fully saturated rings. The first-order valence-electron chi connectivity index (χ1n) is 6.42. The Labute approximate surface area is 118 Å². The van der Waals surface area contributed by atoms with Gasteiger partial charge in [0.2, 0.25) is 0 Å². The third kappa shape index (κ3) is 3.19. The molecule has 0 bridgehead atoms. The first kappa shape index (κ1) is 14.2. The van der Waals surface area contributed by atoms with E-state index in [4.69, 9.17) is 0 Å². The first-order valence-corrected chi connectivity index (χ1v) is 7.71. The van der Waals surface area contributed by atoms with Crippen LogP contribution in [0.5, 0.6) is 0 Å². The van der Waals surface area contributed by atoms with E-state index in [0.717, 1.165) is 22.3 Å². The number of aliphatic hydroxyl groups is 1. The van der Waals surface area contributed by atoms with Crippen LogP contribution in [0.1, 0.15) is 12.6 Å². The minimum absolute atomic E-state index is 0.178. The van der Waals surface area contributed by atoms with Crippen LogP contribution in [-0.4, -0.2) is 34.2 Å². The molecule has 0 aliphatic heterocycles. The summed E-state index contributed by atoms with van der Waals surface area (Å²) in [6, 6.07) is 10.4. The molecule has 0 aliphatic rings. The topological polar surface area (TPSA) is 45.1 Å². The fraction of sp³-hybridized carbons (Fsp3) is 0.400. The highest BCUT2D eigenvalue weighted by Crippen LogP contribution is 2.25. The van der Waals surface area contributed by atoms with Crippen LogP contribution in [0.15, 0.2) is 30.3 Å². The number of hydrogen-bond donors (Lipinski definition) is 2. The van der Waals surface area contributed by atoms with Gasteiger partial charge in [0.05, 0.1) is 12.1 Å². The number of pyridine rings is 1. The standard InChI is InChI=1S/C15H20N2OS/c1-10-8-14(17-11(2)15(9-18)19-3)12-6-4-5-7-13(12)16-10/h4-8,11,15,18H,9H2,1-3H3,(H,16,17). The van der Waals surface area contributed by atoms with Crippen molar-refractivity contribution in [1.29, 1.82) is 0 Å². The number of nitrogens with zero attached hydrogens (tertiary/aromatic N) is 1. The Hall–Kier alpha value is -1.26. The van der Waals surface area contributed by atoms with Crippen LogP contribution in [0.4, 0.5) is 5.69 Å². The van der Waals surface area contributed by atoms with Crippen molar-refractivity contribution in [2.45, 2.75) is 25.1 Å². The van der Waals surface area contributed by atoms with Crippen molar-refractivity contribution < 1.29 is 5.11 Å². The molecule has 102 valence electrons. The van der Waals surface area contributed by atoms with Gasteiger partial charge in [-0.2, -0.15) is 11.8 Å². The minimum Gasteiger partial charge on any atom is -0.395 e. The van der Waals surface area contributed by atoms with Crippen molar-refractivity contribution in [1.82, 2.24) is 4.98 Å². The second kappa shape index (κ2) is 6.26. The van der Waals surface area contributed by atoms with Crippen molar-refractivity contribution in [2.24, 2.45) is 0 Å². The van der Waals surface area contributed by atoms with Gasteiger partial charge < -0.3 is 10.4 Å². The molecule has 1 aromatic heterocycles. The summed E-state index contributed by atoms with van der Waals surface area (Å²) < 4.78 is 0. The molecule has 0 saturated carbocycles. The molecule has 19 heavy (non-hydrogen) atoms. The first-order chi connectivity index (χ1) is 9.15. The van der Waals surface area contributed by atoms with Crippen LogP contribution in [0.3, 0.4) is 0 Å². The van der Waals surface area contributed by atoms with E-state index in [1.807, 2.05) is 31.4 Å². The molecular formula is C15H20N2OS. The van der Waals surface area contributed by atoms with Gasteiger partial charge in [-0.3, -0.25) is 4.98 Å². The maximum Gasteiger partial charge on any atom is 0.0725 e. The quantitative estimate of drug-likeness (QED) is 0.881. The Kier molecular flexibility index (Phi) is 4.66. The van der Waals surface area contributed by atoms with Crippen LogP contribution in [0.2, 0.25) is 0 Å². The highest BCUT2D eigenvalue weighted by molar-refractivity contribution is 7.99. The molecule has 0 aliphatic carbocycles. The van der Waals surface area contributed by atoms with Gasteiger partial charge in [-0.1, -0.05) is 18.2 Å². The highest BCUT2D eigenvalue weighted by atomic mass is 32.2. The summed E-state index contributed by atoms with van der Waals surface area (Å²) in [5, 5.41) is 14.2. The van der Waals surface area contributed by atoms with Crippen molar-refractivity contribution in [3.05, 3.63) is 36.0 Å². The third-order valence-electron chi connectivity index (χ3n) is 3.27. The lowest BCUT2D eigenvalue weighted by molar-refractivity contribution is 0.288. The molecular weight excluding hydrogens is 256 g/mol. The van der Waals surface area contributed by atoms with Crippen molar-refractivity contribution >= 4 is 28.4 Å². The van der Waals surface area contributed by atoms with Crippen LogP contribution >= 0.6 is 11.8 Å². The molecule has 0 spiro atoms. The Morgan fingerprint density at radius 1 is 1.37 bits per heavy atom. The molecule has 4 heteroatoms. The summed E-state index contributed by atoms with van der Waals surface area (Å²) in [6.45, 7) is 4.28. The summed E-state index contributed by atoms with van der Waals surface area (Å²) >= 11 is 1.68. The number of anilines is 1. The number of aryl methyl sites for hydroxylation is 1. The zero-order valence-electron chi connectivity index (χ0n) is 11.6. The number of nitrogens with one attached hydrogen (secondary N) is 1. The highest BCUT2D eigenvalue weighted by Gasteiger charge is 2.16. The van der Waals surface area contributed by atoms with Crippen molar-refractivity contribution in [2.75, 3.05) is 18.2 Å². The van der Waals surface area contributed by atoms with E-state index in [9.17, 15) is 5.11 Å². The molecule has 0 amide bonds. The van der Waals surface area contributed by atoms with E-state index >= 15 is 0 Å². The maximum atomic E-state index is 9.37. The van der Waals surface area contributed by atoms with E-state index in [0.29, 0.717) is 0 Å². The van der Waals surface area contributed by atoms with Crippen LogP contribution < -0.4 is 5.32 Å². The zero-order chi connectivity index (χ0) is 13.8. The Morgan fingerprint density at radius 2 is 2.11 bits per heavy atom. The second-order valence-electron chi connectivity index (χ2n) is 4.72. The molecule has 1 aromatic carbocycles. The lowest BCUT2D eigenvalue weighted by atomic mass is 10.1. The number of aromatic nitrogens is 1. The molecule has 2 unspecified atom stereocenters. The number of benzene rings is 1. The molecule has 2 rings (SSSR count). The number of para-hydroxylation sites is 1. The average Bonchev–Trinajstić information content (AvgIpc) is 2.40. The maximum absolute atomic E-state index is 9.37. The molecule has 2 atom stereocenters. The van der Waals surface area contributed by atoms with Gasteiger partial charge in [0.1, 0.15) is 0 Å². The van der Waals surface area contributed by atoms with Gasteiger partial charge >= 0.3 is 0 Å². The van der Waals surface area contributed by atoms with Gasteiger partial charge in [0.25, 0.3) is 0 Å². The molecule has 0 saturated heterocycles. The number of thioether (sulfide) groups is 1. The fourth-order valence-electron chi connectivity index (χ4n) is 2.20. The summed E-state index contributed by atoms with van der Waals surface area (Å²) in [6.07, 6.45) is 2.02. The minimum atomic E-state index is 0.178. The third-order valence-corrected chi connectivity index (χ3v) is 4.43. The summed E-state index contributed by atoms with van der Waals surface area (Å²) in [7, 11) is 0. The predicted molar refractivity (Wildman–Crippen MR) is 84.0 cm³/mol. The van der Waals surface area contributed by atoms with E-state index < -0.39 is 0 Å².